The largest absolute Gasteiger partial charge is 0.497 e. The van der Waals surface area contributed by atoms with Gasteiger partial charge in [0.1, 0.15) is 12.1 Å². The van der Waals surface area contributed by atoms with Gasteiger partial charge in [-0.25, -0.2) is 22.9 Å². The SMILES string of the molecule is COc1ccc(S(=O)(=O)N2CC3(CN(C(=O)N4CC5(CC(n6cnc(C7CC7)n6)C5)C4)C3)C2)cc1. The number of aromatic nitrogens is 3. The molecule has 0 radical (unpaired) electrons. The molecule has 2 saturated carbocycles. The van der Waals surface area contributed by atoms with E-state index in [1.807, 2.05) is 20.8 Å². The maximum absolute atomic E-state index is 12.9. The van der Waals surface area contributed by atoms with E-state index in [9.17, 15) is 13.2 Å². The lowest BCUT2D eigenvalue weighted by atomic mass is 9.60. The van der Waals surface area contributed by atoms with Crippen molar-refractivity contribution in [3.63, 3.8) is 0 Å². The Bertz CT molecular complexity index is 1260. The van der Waals surface area contributed by atoms with Gasteiger partial charge in [-0.3, -0.25) is 0 Å². The van der Waals surface area contributed by atoms with E-state index in [0.29, 0.717) is 43.9 Å². The summed E-state index contributed by atoms with van der Waals surface area (Å²) in [6.07, 6.45) is 6.43. The van der Waals surface area contributed by atoms with Gasteiger partial charge in [0.05, 0.1) is 18.0 Å². The average Bonchev–Trinajstić information content (AvgIpc) is 3.47. The van der Waals surface area contributed by atoms with Crippen LogP contribution < -0.4 is 4.74 Å². The van der Waals surface area contributed by atoms with Gasteiger partial charge in [0.15, 0.2) is 5.82 Å². The van der Waals surface area contributed by atoms with Crippen LogP contribution in [0.1, 0.15) is 43.5 Å². The summed E-state index contributed by atoms with van der Waals surface area (Å²) in [5.41, 5.74) is 0.153. The third-order valence-electron chi connectivity index (χ3n) is 8.55. The smallest absolute Gasteiger partial charge is 0.320 e. The molecule has 0 bridgehead atoms. The van der Waals surface area contributed by atoms with E-state index in [0.717, 1.165) is 31.8 Å². The zero-order chi connectivity index (χ0) is 24.0. The summed E-state index contributed by atoms with van der Waals surface area (Å²) in [6.45, 7) is 3.84. The molecule has 35 heavy (non-hydrogen) atoms. The molecule has 0 N–H and O–H groups in total. The lowest BCUT2D eigenvalue weighted by molar-refractivity contribution is -0.101. The van der Waals surface area contributed by atoms with Crippen LogP contribution >= 0.6 is 0 Å². The number of carbonyl (C=O) groups excluding carboxylic acids is 1. The van der Waals surface area contributed by atoms with Crippen molar-refractivity contribution >= 4 is 16.1 Å². The third kappa shape index (κ3) is 3.38. The number of rotatable bonds is 5. The van der Waals surface area contributed by atoms with E-state index in [-0.39, 0.29) is 21.8 Å². The maximum atomic E-state index is 12.9. The van der Waals surface area contributed by atoms with Crippen LogP contribution in [0.25, 0.3) is 0 Å². The van der Waals surface area contributed by atoms with Crippen LogP contribution in [-0.4, -0.2) is 89.7 Å². The standard InChI is InChI=1S/C24H30N6O4S/c1-34-19-4-6-20(7-5-19)35(32,33)29-14-24(15-29)12-28(13-24)22(31)27-10-23(11-27)8-18(9-23)30-16-25-21(26-30)17-2-3-17/h4-7,16-18H,2-3,8-15H2,1H3. The fourth-order valence-corrected chi connectivity index (χ4v) is 8.01. The van der Waals surface area contributed by atoms with Crippen LogP contribution in [0.4, 0.5) is 4.79 Å². The molecule has 2 spiro atoms. The zero-order valence-electron chi connectivity index (χ0n) is 19.8. The Balaban J connectivity index is 0.879. The first-order chi connectivity index (χ1) is 16.8. The quantitative estimate of drug-likeness (QED) is 0.625. The van der Waals surface area contributed by atoms with Crippen LogP contribution in [0.15, 0.2) is 35.5 Å². The van der Waals surface area contributed by atoms with Gasteiger partial charge >= 0.3 is 6.03 Å². The molecule has 2 aliphatic carbocycles. The number of hydrogen-bond donors (Lipinski definition) is 0. The summed E-state index contributed by atoms with van der Waals surface area (Å²) in [5.74, 6) is 2.20. The molecule has 2 aromatic rings. The van der Waals surface area contributed by atoms with Crippen LogP contribution in [-0.2, 0) is 10.0 Å². The van der Waals surface area contributed by atoms with Crippen molar-refractivity contribution < 1.29 is 17.9 Å². The van der Waals surface area contributed by atoms with Gasteiger partial charge in [0.2, 0.25) is 10.0 Å². The fraction of sp³-hybridized carbons (Fsp3) is 0.625. The predicted octanol–water partition coefficient (Wildman–Crippen LogP) is 1.93. The molecular formula is C24H30N6O4S. The van der Waals surface area contributed by atoms with Crippen molar-refractivity contribution in [3.05, 3.63) is 36.4 Å². The Hall–Kier alpha value is -2.66. The number of methoxy groups -OCH3 is 1. The van der Waals surface area contributed by atoms with Crippen molar-refractivity contribution in [2.45, 2.75) is 42.5 Å². The molecule has 3 aliphatic heterocycles. The molecule has 1 aromatic heterocycles. The maximum Gasteiger partial charge on any atom is 0.320 e. The van der Waals surface area contributed by atoms with Gasteiger partial charge in [0.25, 0.3) is 0 Å². The van der Waals surface area contributed by atoms with Crippen LogP contribution in [0.2, 0.25) is 0 Å². The number of carbonyl (C=O) groups is 1. The Kier molecular flexibility index (Phi) is 4.44. The minimum absolute atomic E-state index is 0.0916. The van der Waals surface area contributed by atoms with E-state index in [1.54, 1.807) is 31.4 Å². The third-order valence-corrected chi connectivity index (χ3v) is 10.4. The van der Waals surface area contributed by atoms with Gasteiger partial charge in [-0.1, -0.05) is 0 Å². The molecule has 11 heteroatoms. The Labute approximate surface area is 204 Å². The van der Waals surface area contributed by atoms with Crippen molar-refractivity contribution in [3.8, 4) is 5.75 Å². The number of amides is 2. The van der Waals surface area contributed by atoms with Crippen molar-refractivity contribution in [1.82, 2.24) is 28.9 Å². The summed E-state index contributed by atoms with van der Waals surface area (Å²) in [7, 11) is -1.96. The van der Waals surface area contributed by atoms with Gasteiger partial charge in [0, 0.05) is 56.0 Å². The molecule has 3 saturated heterocycles. The van der Waals surface area contributed by atoms with E-state index in [2.05, 4.69) is 10.1 Å². The number of benzene rings is 1. The number of hydrogen-bond acceptors (Lipinski definition) is 6. The summed E-state index contributed by atoms with van der Waals surface area (Å²) in [5, 5.41) is 4.67. The summed E-state index contributed by atoms with van der Waals surface area (Å²) < 4.78 is 34.4. The Morgan fingerprint density at radius 2 is 1.60 bits per heavy atom. The molecule has 5 aliphatic rings. The van der Waals surface area contributed by atoms with Crippen LogP contribution in [0.5, 0.6) is 5.75 Å². The molecule has 7 rings (SSSR count). The molecule has 186 valence electrons. The summed E-state index contributed by atoms with van der Waals surface area (Å²) in [4.78, 5) is 21.5. The first-order valence-electron chi connectivity index (χ1n) is 12.4. The fourth-order valence-electron chi connectivity index (χ4n) is 6.34. The summed E-state index contributed by atoms with van der Waals surface area (Å²) >= 11 is 0. The molecule has 0 unspecified atom stereocenters. The van der Waals surface area contributed by atoms with E-state index in [1.165, 1.54) is 17.1 Å². The van der Waals surface area contributed by atoms with Gasteiger partial charge in [-0.15, -0.1) is 0 Å². The number of ether oxygens (including phenoxy) is 1. The predicted molar refractivity (Wildman–Crippen MR) is 125 cm³/mol. The number of sulfonamides is 1. The van der Waals surface area contributed by atoms with Crippen molar-refractivity contribution in [2.75, 3.05) is 46.4 Å². The molecule has 4 heterocycles. The van der Waals surface area contributed by atoms with Crippen LogP contribution in [0, 0.1) is 10.8 Å². The second kappa shape index (κ2) is 7.19. The van der Waals surface area contributed by atoms with Crippen LogP contribution in [0.3, 0.4) is 0 Å². The zero-order valence-corrected chi connectivity index (χ0v) is 20.7. The van der Waals surface area contributed by atoms with E-state index < -0.39 is 10.0 Å². The topological polar surface area (TPSA) is 101 Å². The second-order valence-electron chi connectivity index (χ2n) is 11.4. The first kappa shape index (κ1) is 21.6. The summed E-state index contributed by atoms with van der Waals surface area (Å²) in [6, 6.07) is 6.98. The first-order valence-corrected chi connectivity index (χ1v) is 13.8. The highest BCUT2D eigenvalue weighted by Gasteiger charge is 2.60. The number of nitrogens with zero attached hydrogens (tertiary/aromatic N) is 6. The molecule has 5 fully saturated rings. The Morgan fingerprint density at radius 3 is 2.20 bits per heavy atom. The molecule has 0 atom stereocenters. The van der Waals surface area contributed by atoms with E-state index >= 15 is 0 Å². The lowest BCUT2D eigenvalue weighted by Crippen LogP contribution is -2.76. The highest BCUT2D eigenvalue weighted by molar-refractivity contribution is 7.89. The minimum atomic E-state index is -3.51. The normalized spacial score (nSPS) is 25.1. The van der Waals surface area contributed by atoms with Crippen molar-refractivity contribution in [2.24, 2.45) is 10.8 Å². The second-order valence-corrected chi connectivity index (χ2v) is 13.3. The Morgan fingerprint density at radius 1 is 0.971 bits per heavy atom. The van der Waals surface area contributed by atoms with Gasteiger partial charge < -0.3 is 14.5 Å². The number of likely N-dealkylation sites (tertiary alicyclic amines) is 2. The average molecular weight is 499 g/mol. The molecule has 1 aromatic carbocycles. The lowest BCUT2D eigenvalue weighted by Gasteiger charge is -2.63. The number of urea groups is 1. The monoisotopic (exact) mass is 498 g/mol. The van der Waals surface area contributed by atoms with E-state index in [4.69, 9.17) is 4.74 Å². The highest BCUT2D eigenvalue weighted by Crippen LogP contribution is 2.54. The van der Waals surface area contributed by atoms with Crippen molar-refractivity contribution in [1.29, 1.82) is 0 Å². The molecular weight excluding hydrogens is 468 g/mol. The van der Waals surface area contributed by atoms with Gasteiger partial charge in [-0.2, -0.15) is 9.40 Å². The minimum Gasteiger partial charge on any atom is -0.497 e. The van der Waals surface area contributed by atoms with Gasteiger partial charge in [-0.05, 0) is 49.9 Å². The highest BCUT2D eigenvalue weighted by atomic mass is 32.2. The molecule has 10 nitrogen and oxygen atoms in total. The molecule has 2 amide bonds.